The summed E-state index contributed by atoms with van der Waals surface area (Å²) in [7, 11) is 1.57. The molecule has 0 aromatic heterocycles. The molecule has 3 rings (SSSR count). The zero-order chi connectivity index (χ0) is 16.2. The van der Waals surface area contributed by atoms with Crippen LogP contribution in [0.3, 0.4) is 0 Å². The molecule has 1 heterocycles. The number of hydrogen-bond acceptors (Lipinski definition) is 3. The van der Waals surface area contributed by atoms with Crippen molar-refractivity contribution in [3.63, 3.8) is 0 Å². The van der Waals surface area contributed by atoms with Crippen molar-refractivity contribution < 1.29 is 14.3 Å². The van der Waals surface area contributed by atoms with E-state index in [0.717, 1.165) is 16.8 Å². The summed E-state index contributed by atoms with van der Waals surface area (Å²) in [5.41, 5.74) is 3.50. The van der Waals surface area contributed by atoms with Crippen LogP contribution in [0.1, 0.15) is 17.5 Å². The van der Waals surface area contributed by atoms with Crippen LogP contribution in [0.2, 0.25) is 0 Å². The van der Waals surface area contributed by atoms with Crippen LogP contribution in [0.5, 0.6) is 5.75 Å². The number of rotatable bonds is 4. The smallest absolute Gasteiger partial charge is 0.228 e. The van der Waals surface area contributed by atoms with Gasteiger partial charge in [-0.3, -0.25) is 9.59 Å². The minimum atomic E-state index is -0.103. The fraction of sp³-hybridized carbons (Fsp3) is 0.222. The third-order valence-electron chi connectivity index (χ3n) is 3.81. The van der Waals surface area contributed by atoms with Crippen LogP contribution in [-0.4, -0.2) is 18.9 Å². The highest BCUT2D eigenvalue weighted by Gasteiger charge is 2.15. The number of carbonyl (C=O) groups is 2. The van der Waals surface area contributed by atoms with Gasteiger partial charge in [0.15, 0.2) is 0 Å². The maximum absolute atomic E-state index is 12.2. The molecule has 0 radical (unpaired) electrons. The Morgan fingerprint density at radius 2 is 2.04 bits per heavy atom. The van der Waals surface area contributed by atoms with Gasteiger partial charge in [0.25, 0.3) is 0 Å². The van der Waals surface area contributed by atoms with Crippen LogP contribution in [0.25, 0.3) is 0 Å². The van der Waals surface area contributed by atoms with Crippen LogP contribution in [0, 0.1) is 0 Å². The number of amides is 2. The maximum Gasteiger partial charge on any atom is 0.228 e. The molecule has 0 spiro atoms. The van der Waals surface area contributed by atoms with Crippen molar-refractivity contribution in [2.75, 3.05) is 17.7 Å². The zero-order valence-corrected chi connectivity index (χ0v) is 12.9. The molecule has 118 valence electrons. The van der Waals surface area contributed by atoms with E-state index in [1.807, 2.05) is 30.3 Å². The molecule has 2 N–H and O–H groups in total. The molecular weight excluding hydrogens is 292 g/mol. The fourth-order valence-corrected chi connectivity index (χ4v) is 2.67. The molecule has 0 saturated carbocycles. The first kappa shape index (κ1) is 15.1. The summed E-state index contributed by atoms with van der Waals surface area (Å²) in [5, 5.41) is 5.70. The number of nitrogens with one attached hydrogen (secondary N) is 2. The van der Waals surface area contributed by atoms with Crippen molar-refractivity contribution in [2.45, 2.75) is 19.3 Å². The Labute approximate surface area is 134 Å². The number of para-hydroxylation sites is 2. The Kier molecular flexibility index (Phi) is 4.28. The maximum atomic E-state index is 12.2. The SMILES string of the molecule is COc1ccccc1NC(=O)Cc1ccc2c(c1)CCC(=O)N2. The van der Waals surface area contributed by atoms with E-state index in [1.54, 1.807) is 19.2 Å². The number of fused-ring (bicyclic) bond motifs is 1. The second-order valence-corrected chi connectivity index (χ2v) is 5.46. The average molecular weight is 310 g/mol. The average Bonchev–Trinajstić information content (AvgIpc) is 2.55. The Hall–Kier alpha value is -2.82. The number of aryl methyl sites for hydroxylation is 1. The van der Waals surface area contributed by atoms with E-state index in [0.29, 0.717) is 24.3 Å². The predicted octanol–water partition coefficient (Wildman–Crippen LogP) is 2.76. The van der Waals surface area contributed by atoms with E-state index >= 15 is 0 Å². The molecular formula is C18H18N2O3. The van der Waals surface area contributed by atoms with Gasteiger partial charge in [-0.05, 0) is 35.7 Å². The van der Waals surface area contributed by atoms with Gasteiger partial charge in [-0.15, -0.1) is 0 Å². The van der Waals surface area contributed by atoms with Crippen molar-refractivity contribution in [1.82, 2.24) is 0 Å². The highest BCUT2D eigenvalue weighted by Crippen LogP contribution is 2.25. The first-order valence-corrected chi connectivity index (χ1v) is 7.50. The van der Waals surface area contributed by atoms with Gasteiger partial charge < -0.3 is 15.4 Å². The van der Waals surface area contributed by atoms with E-state index < -0.39 is 0 Å². The molecule has 2 aromatic carbocycles. The number of ether oxygens (including phenoxy) is 1. The number of carbonyl (C=O) groups excluding carboxylic acids is 2. The second kappa shape index (κ2) is 6.52. The van der Waals surface area contributed by atoms with Gasteiger partial charge in [0.1, 0.15) is 5.75 Å². The Bertz CT molecular complexity index is 756. The Morgan fingerprint density at radius 3 is 2.87 bits per heavy atom. The summed E-state index contributed by atoms with van der Waals surface area (Å²) >= 11 is 0. The molecule has 0 unspecified atom stereocenters. The molecule has 1 aliphatic heterocycles. The van der Waals surface area contributed by atoms with Crippen molar-refractivity contribution in [3.05, 3.63) is 53.6 Å². The number of anilines is 2. The lowest BCUT2D eigenvalue weighted by Crippen LogP contribution is -2.19. The van der Waals surface area contributed by atoms with Gasteiger partial charge in [0.2, 0.25) is 11.8 Å². The standard InChI is InChI=1S/C18H18N2O3/c1-23-16-5-3-2-4-15(16)20-18(22)11-12-6-8-14-13(10-12)7-9-17(21)19-14/h2-6,8,10H,7,9,11H2,1H3,(H,19,21)(H,20,22). The first-order chi connectivity index (χ1) is 11.2. The van der Waals surface area contributed by atoms with Crippen molar-refractivity contribution >= 4 is 23.2 Å². The number of methoxy groups -OCH3 is 1. The first-order valence-electron chi connectivity index (χ1n) is 7.50. The summed E-state index contributed by atoms with van der Waals surface area (Å²) in [4.78, 5) is 23.6. The highest BCUT2D eigenvalue weighted by atomic mass is 16.5. The molecule has 0 aliphatic carbocycles. The fourth-order valence-electron chi connectivity index (χ4n) is 2.67. The van der Waals surface area contributed by atoms with Crippen LogP contribution >= 0.6 is 0 Å². The topological polar surface area (TPSA) is 67.4 Å². The van der Waals surface area contributed by atoms with Crippen molar-refractivity contribution in [1.29, 1.82) is 0 Å². The lowest BCUT2D eigenvalue weighted by molar-refractivity contribution is -0.117. The van der Waals surface area contributed by atoms with Crippen molar-refractivity contribution in [2.24, 2.45) is 0 Å². The third kappa shape index (κ3) is 3.51. The van der Waals surface area contributed by atoms with Crippen LogP contribution in [0.15, 0.2) is 42.5 Å². The van der Waals surface area contributed by atoms with Gasteiger partial charge >= 0.3 is 0 Å². The van der Waals surface area contributed by atoms with E-state index in [4.69, 9.17) is 4.74 Å². The predicted molar refractivity (Wildman–Crippen MR) is 88.7 cm³/mol. The number of benzene rings is 2. The highest BCUT2D eigenvalue weighted by molar-refractivity contribution is 5.95. The van der Waals surface area contributed by atoms with Crippen LogP contribution in [0.4, 0.5) is 11.4 Å². The summed E-state index contributed by atoms with van der Waals surface area (Å²) in [6.07, 6.45) is 1.48. The van der Waals surface area contributed by atoms with Crippen LogP contribution in [-0.2, 0) is 22.4 Å². The monoisotopic (exact) mass is 310 g/mol. The van der Waals surface area contributed by atoms with Gasteiger partial charge in [0, 0.05) is 12.1 Å². The Balaban J connectivity index is 1.70. The minimum absolute atomic E-state index is 0.0409. The Morgan fingerprint density at radius 1 is 1.22 bits per heavy atom. The summed E-state index contributed by atoms with van der Waals surface area (Å²) < 4.78 is 5.23. The molecule has 0 saturated heterocycles. The largest absolute Gasteiger partial charge is 0.495 e. The van der Waals surface area contributed by atoms with E-state index in [1.165, 1.54) is 0 Å². The van der Waals surface area contributed by atoms with Gasteiger partial charge in [-0.25, -0.2) is 0 Å². The third-order valence-corrected chi connectivity index (χ3v) is 3.81. The molecule has 0 bridgehead atoms. The molecule has 2 aromatic rings. The quantitative estimate of drug-likeness (QED) is 0.912. The lowest BCUT2D eigenvalue weighted by atomic mass is 9.99. The zero-order valence-electron chi connectivity index (χ0n) is 12.9. The molecule has 0 fully saturated rings. The van der Waals surface area contributed by atoms with Gasteiger partial charge in [-0.2, -0.15) is 0 Å². The molecule has 5 nitrogen and oxygen atoms in total. The van der Waals surface area contributed by atoms with Crippen LogP contribution < -0.4 is 15.4 Å². The normalized spacial score (nSPS) is 13.0. The van der Waals surface area contributed by atoms with E-state index in [2.05, 4.69) is 10.6 Å². The van der Waals surface area contributed by atoms with Gasteiger partial charge in [-0.1, -0.05) is 24.3 Å². The minimum Gasteiger partial charge on any atom is -0.495 e. The van der Waals surface area contributed by atoms with Crippen molar-refractivity contribution in [3.8, 4) is 5.75 Å². The molecule has 0 atom stereocenters. The molecule has 1 aliphatic rings. The van der Waals surface area contributed by atoms with E-state index in [9.17, 15) is 9.59 Å². The summed E-state index contributed by atoms with van der Waals surface area (Å²) in [5.74, 6) is 0.572. The summed E-state index contributed by atoms with van der Waals surface area (Å²) in [6.45, 7) is 0. The summed E-state index contributed by atoms with van der Waals surface area (Å²) in [6, 6.07) is 13.0. The second-order valence-electron chi connectivity index (χ2n) is 5.46. The number of hydrogen-bond donors (Lipinski definition) is 2. The molecule has 5 heteroatoms. The molecule has 23 heavy (non-hydrogen) atoms. The lowest BCUT2D eigenvalue weighted by Gasteiger charge is -2.17. The van der Waals surface area contributed by atoms with E-state index in [-0.39, 0.29) is 18.2 Å². The molecule has 2 amide bonds. The van der Waals surface area contributed by atoms with Gasteiger partial charge in [0.05, 0.1) is 19.2 Å².